The smallest absolute Gasteiger partial charge is 0.123 e. The number of nitrogens with two attached hydrogens (primary N) is 1. The number of ether oxygens (including phenoxy) is 1. The van der Waals surface area contributed by atoms with Gasteiger partial charge in [0.05, 0.1) is 6.04 Å². The summed E-state index contributed by atoms with van der Waals surface area (Å²) in [7, 11) is 0. The maximum absolute atomic E-state index is 6.06. The average Bonchev–Trinajstić information content (AvgIpc) is 2.91. The van der Waals surface area contributed by atoms with E-state index in [1.54, 1.807) is 0 Å². The summed E-state index contributed by atoms with van der Waals surface area (Å²) in [5, 5.41) is 0. The zero-order valence-electron chi connectivity index (χ0n) is 12.6. The fourth-order valence-corrected chi connectivity index (χ4v) is 2.99. The Morgan fingerprint density at radius 3 is 2.81 bits per heavy atom. The second-order valence-electron chi connectivity index (χ2n) is 5.88. The van der Waals surface area contributed by atoms with Crippen molar-refractivity contribution in [2.75, 3.05) is 0 Å². The summed E-state index contributed by atoms with van der Waals surface area (Å²) in [5.74, 6) is 6.78. The molecule has 0 bridgehead atoms. The van der Waals surface area contributed by atoms with Gasteiger partial charge in [0.25, 0.3) is 0 Å². The lowest BCUT2D eigenvalue weighted by Crippen LogP contribution is -2.47. The standard InChI is InChI=1S/C18H22N2O/c1-12-7-8-13(2)15(9-12)10-16(20-19)18-11-14-5-3-4-6-17(14)21-18/h3-9,16,18,20H,10-11,19H2,1-2H3. The monoisotopic (exact) mass is 282 g/mol. The van der Waals surface area contributed by atoms with Gasteiger partial charge in [0.1, 0.15) is 11.9 Å². The number of para-hydroxylation sites is 1. The molecule has 1 aliphatic heterocycles. The van der Waals surface area contributed by atoms with Crippen LogP contribution in [0.3, 0.4) is 0 Å². The summed E-state index contributed by atoms with van der Waals surface area (Å²) in [6.07, 6.45) is 1.88. The number of hydrogen-bond acceptors (Lipinski definition) is 3. The van der Waals surface area contributed by atoms with Crippen LogP contribution in [0, 0.1) is 13.8 Å². The van der Waals surface area contributed by atoms with Crippen LogP contribution in [0.25, 0.3) is 0 Å². The van der Waals surface area contributed by atoms with Gasteiger partial charge in [0, 0.05) is 6.42 Å². The van der Waals surface area contributed by atoms with Crippen LogP contribution >= 0.6 is 0 Å². The molecule has 0 radical (unpaired) electrons. The quantitative estimate of drug-likeness (QED) is 0.669. The highest BCUT2D eigenvalue weighted by molar-refractivity contribution is 5.38. The van der Waals surface area contributed by atoms with E-state index >= 15 is 0 Å². The van der Waals surface area contributed by atoms with Gasteiger partial charge in [-0.3, -0.25) is 11.3 Å². The molecule has 1 heterocycles. The Labute approximate surface area is 126 Å². The van der Waals surface area contributed by atoms with Gasteiger partial charge in [-0.2, -0.15) is 0 Å². The minimum Gasteiger partial charge on any atom is -0.488 e. The normalized spacial score (nSPS) is 18.1. The van der Waals surface area contributed by atoms with Crippen molar-refractivity contribution in [1.29, 1.82) is 0 Å². The van der Waals surface area contributed by atoms with E-state index in [0.29, 0.717) is 0 Å². The fourth-order valence-electron chi connectivity index (χ4n) is 2.99. The zero-order chi connectivity index (χ0) is 14.8. The van der Waals surface area contributed by atoms with E-state index in [1.807, 2.05) is 12.1 Å². The summed E-state index contributed by atoms with van der Waals surface area (Å²) in [5.41, 5.74) is 8.13. The van der Waals surface area contributed by atoms with Gasteiger partial charge in [0.15, 0.2) is 0 Å². The maximum Gasteiger partial charge on any atom is 0.123 e. The first-order valence-corrected chi connectivity index (χ1v) is 7.44. The number of benzene rings is 2. The summed E-state index contributed by atoms with van der Waals surface area (Å²) < 4.78 is 6.06. The lowest BCUT2D eigenvalue weighted by Gasteiger charge is -2.23. The van der Waals surface area contributed by atoms with Crippen LogP contribution < -0.4 is 16.0 Å². The van der Waals surface area contributed by atoms with E-state index in [0.717, 1.165) is 18.6 Å². The van der Waals surface area contributed by atoms with Crippen LogP contribution in [0.4, 0.5) is 0 Å². The van der Waals surface area contributed by atoms with Crippen molar-refractivity contribution in [3.8, 4) is 5.75 Å². The lowest BCUT2D eigenvalue weighted by molar-refractivity contribution is 0.177. The zero-order valence-corrected chi connectivity index (χ0v) is 12.6. The van der Waals surface area contributed by atoms with E-state index < -0.39 is 0 Å². The van der Waals surface area contributed by atoms with Gasteiger partial charge in [-0.05, 0) is 43.0 Å². The molecular formula is C18H22N2O. The molecule has 3 nitrogen and oxygen atoms in total. The molecule has 2 aromatic rings. The van der Waals surface area contributed by atoms with Crippen LogP contribution in [0.2, 0.25) is 0 Å². The van der Waals surface area contributed by atoms with Gasteiger partial charge >= 0.3 is 0 Å². The number of fused-ring (bicyclic) bond motifs is 1. The molecular weight excluding hydrogens is 260 g/mol. The third kappa shape index (κ3) is 2.94. The average molecular weight is 282 g/mol. The van der Waals surface area contributed by atoms with Crippen molar-refractivity contribution in [3.63, 3.8) is 0 Å². The second-order valence-corrected chi connectivity index (χ2v) is 5.88. The Morgan fingerprint density at radius 2 is 2.05 bits per heavy atom. The van der Waals surface area contributed by atoms with Gasteiger partial charge in [-0.15, -0.1) is 0 Å². The number of hydrazine groups is 1. The molecule has 3 rings (SSSR count). The molecule has 3 heteroatoms. The summed E-state index contributed by atoms with van der Waals surface area (Å²) in [6, 6.07) is 14.9. The van der Waals surface area contributed by atoms with Crippen molar-refractivity contribution in [2.24, 2.45) is 5.84 Å². The van der Waals surface area contributed by atoms with Crippen LogP contribution in [0.5, 0.6) is 5.75 Å². The molecule has 2 atom stereocenters. The number of hydrogen-bond donors (Lipinski definition) is 2. The van der Waals surface area contributed by atoms with Crippen molar-refractivity contribution in [2.45, 2.75) is 38.8 Å². The molecule has 2 unspecified atom stereocenters. The predicted molar refractivity (Wildman–Crippen MR) is 85.3 cm³/mol. The molecule has 0 spiro atoms. The Bertz CT molecular complexity index is 614. The van der Waals surface area contributed by atoms with E-state index in [9.17, 15) is 0 Å². The van der Waals surface area contributed by atoms with Crippen molar-refractivity contribution in [1.82, 2.24) is 5.43 Å². The topological polar surface area (TPSA) is 47.3 Å². The Morgan fingerprint density at radius 1 is 1.24 bits per heavy atom. The summed E-state index contributed by atoms with van der Waals surface area (Å²) in [4.78, 5) is 0. The predicted octanol–water partition coefficient (Wildman–Crippen LogP) is 2.68. The van der Waals surface area contributed by atoms with Crippen molar-refractivity contribution >= 4 is 0 Å². The highest BCUT2D eigenvalue weighted by Crippen LogP contribution is 2.30. The van der Waals surface area contributed by atoms with Gasteiger partial charge < -0.3 is 4.74 Å². The molecule has 0 fully saturated rings. The molecule has 2 aromatic carbocycles. The highest BCUT2D eigenvalue weighted by atomic mass is 16.5. The number of nitrogens with one attached hydrogen (secondary N) is 1. The number of aryl methyl sites for hydroxylation is 2. The van der Waals surface area contributed by atoms with E-state index in [2.05, 4.69) is 49.6 Å². The van der Waals surface area contributed by atoms with Crippen LogP contribution in [-0.2, 0) is 12.8 Å². The molecule has 0 amide bonds. The summed E-state index contributed by atoms with van der Waals surface area (Å²) >= 11 is 0. The summed E-state index contributed by atoms with van der Waals surface area (Å²) in [6.45, 7) is 4.27. The number of rotatable bonds is 4. The fraction of sp³-hybridized carbons (Fsp3) is 0.333. The molecule has 21 heavy (non-hydrogen) atoms. The Kier molecular flexibility index (Phi) is 3.95. The van der Waals surface area contributed by atoms with Gasteiger partial charge in [0.2, 0.25) is 0 Å². The van der Waals surface area contributed by atoms with Crippen molar-refractivity contribution < 1.29 is 4.74 Å². The highest BCUT2D eigenvalue weighted by Gasteiger charge is 2.29. The first-order valence-electron chi connectivity index (χ1n) is 7.44. The molecule has 1 aliphatic rings. The first-order chi connectivity index (χ1) is 10.2. The van der Waals surface area contributed by atoms with E-state index in [4.69, 9.17) is 10.6 Å². The Hall–Kier alpha value is -1.84. The SMILES string of the molecule is Cc1ccc(C)c(CC(NN)C2Cc3ccccc3O2)c1. The molecule has 3 N–H and O–H groups in total. The van der Waals surface area contributed by atoms with Crippen LogP contribution in [-0.4, -0.2) is 12.1 Å². The minimum atomic E-state index is 0.0901. The van der Waals surface area contributed by atoms with Crippen LogP contribution in [0.1, 0.15) is 22.3 Å². The van der Waals surface area contributed by atoms with Crippen molar-refractivity contribution in [3.05, 3.63) is 64.7 Å². The first kappa shape index (κ1) is 14.1. The third-order valence-corrected chi connectivity index (χ3v) is 4.28. The molecule has 0 aliphatic carbocycles. The third-order valence-electron chi connectivity index (χ3n) is 4.28. The van der Waals surface area contributed by atoms with Gasteiger partial charge in [-0.1, -0.05) is 42.0 Å². The van der Waals surface area contributed by atoms with Gasteiger partial charge in [-0.25, -0.2) is 0 Å². The maximum atomic E-state index is 6.06. The molecule has 0 saturated heterocycles. The van der Waals surface area contributed by atoms with E-state index in [-0.39, 0.29) is 12.1 Å². The molecule has 0 aromatic heterocycles. The minimum absolute atomic E-state index is 0.0901. The second kappa shape index (κ2) is 5.88. The molecule has 0 saturated carbocycles. The largest absolute Gasteiger partial charge is 0.488 e. The Balaban J connectivity index is 1.76. The molecule has 110 valence electrons. The van der Waals surface area contributed by atoms with Crippen LogP contribution in [0.15, 0.2) is 42.5 Å². The van der Waals surface area contributed by atoms with E-state index in [1.165, 1.54) is 22.3 Å². The lowest BCUT2D eigenvalue weighted by atomic mass is 9.95.